The van der Waals surface area contributed by atoms with Crippen molar-refractivity contribution in [2.75, 3.05) is 6.61 Å². The molecule has 0 bridgehead atoms. The molecule has 1 unspecified atom stereocenters. The fourth-order valence-corrected chi connectivity index (χ4v) is 1.95. The molecule has 0 aliphatic rings. The number of benzene rings is 2. The number of halogens is 2. The van der Waals surface area contributed by atoms with Crippen molar-refractivity contribution >= 4 is 15.9 Å². The van der Waals surface area contributed by atoms with Crippen molar-refractivity contribution < 1.29 is 14.2 Å². The minimum atomic E-state index is -0.981. The van der Waals surface area contributed by atoms with Gasteiger partial charge in [0.15, 0.2) is 0 Å². The third kappa shape index (κ3) is 3.31. The second-order valence-electron chi connectivity index (χ2n) is 3.81. The van der Waals surface area contributed by atoms with Crippen LogP contribution < -0.4 is 4.74 Å². The maximum Gasteiger partial charge on any atom is 0.129 e. The molecular formula is C14H12BrFO2. The van der Waals surface area contributed by atoms with Crippen LogP contribution in [0, 0.1) is 5.82 Å². The van der Waals surface area contributed by atoms with E-state index in [2.05, 4.69) is 15.9 Å². The Labute approximate surface area is 113 Å². The molecule has 2 rings (SSSR count). The number of rotatable bonds is 4. The smallest absolute Gasteiger partial charge is 0.129 e. The van der Waals surface area contributed by atoms with Gasteiger partial charge in [-0.1, -0.05) is 40.2 Å². The average Bonchev–Trinajstić information content (AvgIpc) is 2.37. The molecule has 0 heterocycles. The summed E-state index contributed by atoms with van der Waals surface area (Å²) in [5, 5.41) is 9.86. The van der Waals surface area contributed by atoms with Crippen molar-refractivity contribution in [3.05, 3.63) is 64.4 Å². The molecule has 0 aromatic heterocycles. The van der Waals surface area contributed by atoms with Gasteiger partial charge in [-0.2, -0.15) is 0 Å². The van der Waals surface area contributed by atoms with Crippen LogP contribution in [0.2, 0.25) is 0 Å². The van der Waals surface area contributed by atoms with Crippen LogP contribution in [-0.4, -0.2) is 11.7 Å². The van der Waals surface area contributed by atoms with E-state index in [4.69, 9.17) is 4.74 Å². The molecule has 2 nitrogen and oxygen atoms in total. The normalized spacial score (nSPS) is 12.2. The van der Waals surface area contributed by atoms with Crippen molar-refractivity contribution in [3.63, 3.8) is 0 Å². The van der Waals surface area contributed by atoms with E-state index >= 15 is 0 Å². The van der Waals surface area contributed by atoms with Gasteiger partial charge in [-0.25, -0.2) is 4.39 Å². The van der Waals surface area contributed by atoms with Gasteiger partial charge >= 0.3 is 0 Å². The highest BCUT2D eigenvalue weighted by molar-refractivity contribution is 9.10. The number of aliphatic hydroxyl groups excluding tert-OH is 1. The molecule has 1 N–H and O–H groups in total. The first kappa shape index (κ1) is 13.1. The third-order valence-electron chi connectivity index (χ3n) is 2.47. The maximum absolute atomic E-state index is 13.4. The standard InChI is InChI=1S/C14H12BrFO2/c15-10-4-3-5-11(8-10)18-9-14(17)12-6-1-2-7-13(12)16/h1-8,14,17H,9H2. The summed E-state index contributed by atoms with van der Waals surface area (Å²) in [5.74, 6) is 0.197. The quantitative estimate of drug-likeness (QED) is 0.933. The number of ether oxygens (including phenoxy) is 1. The van der Waals surface area contributed by atoms with Crippen LogP contribution in [0.15, 0.2) is 53.0 Å². The van der Waals surface area contributed by atoms with E-state index in [1.54, 1.807) is 30.3 Å². The molecular weight excluding hydrogens is 299 g/mol. The molecule has 0 saturated carbocycles. The van der Waals surface area contributed by atoms with Crippen LogP contribution in [0.5, 0.6) is 5.75 Å². The maximum atomic E-state index is 13.4. The lowest BCUT2D eigenvalue weighted by Gasteiger charge is -2.13. The van der Waals surface area contributed by atoms with Crippen molar-refractivity contribution in [1.82, 2.24) is 0 Å². The summed E-state index contributed by atoms with van der Waals surface area (Å²) in [5.41, 5.74) is 0.243. The van der Waals surface area contributed by atoms with E-state index in [-0.39, 0.29) is 12.2 Å². The second kappa shape index (κ2) is 5.98. The zero-order valence-electron chi connectivity index (χ0n) is 9.51. The predicted octanol–water partition coefficient (Wildman–Crippen LogP) is 3.70. The van der Waals surface area contributed by atoms with Gasteiger partial charge in [-0.05, 0) is 24.3 Å². The lowest BCUT2D eigenvalue weighted by Crippen LogP contribution is -2.11. The van der Waals surface area contributed by atoms with Gasteiger partial charge < -0.3 is 9.84 Å². The van der Waals surface area contributed by atoms with Crippen molar-refractivity contribution in [2.45, 2.75) is 6.10 Å². The van der Waals surface area contributed by atoms with Gasteiger partial charge in [0, 0.05) is 10.0 Å². The van der Waals surface area contributed by atoms with Crippen LogP contribution in [0.25, 0.3) is 0 Å². The highest BCUT2D eigenvalue weighted by Gasteiger charge is 2.12. The summed E-state index contributed by atoms with van der Waals surface area (Å²) < 4.78 is 19.7. The lowest BCUT2D eigenvalue weighted by molar-refractivity contribution is 0.105. The molecule has 18 heavy (non-hydrogen) atoms. The van der Waals surface area contributed by atoms with Gasteiger partial charge in [0.25, 0.3) is 0 Å². The Kier molecular flexibility index (Phi) is 4.33. The zero-order valence-corrected chi connectivity index (χ0v) is 11.1. The zero-order chi connectivity index (χ0) is 13.0. The van der Waals surface area contributed by atoms with Gasteiger partial charge in [-0.3, -0.25) is 0 Å². The summed E-state index contributed by atoms with van der Waals surface area (Å²) in [6.07, 6.45) is -0.981. The average molecular weight is 311 g/mol. The first-order valence-corrected chi connectivity index (χ1v) is 6.27. The first-order valence-electron chi connectivity index (χ1n) is 5.47. The van der Waals surface area contributed by atoms with Gasteiger partial charge in [0.2, 0.25) is 0 Å². The van der Waals surface area contributed by atoms with Crippen molar-refractivity contribution in [1.29, 1.82) is 0 Å². The molecule has 4 heteroatoms. The largest absolute Gasteiger partial charge is 0.490 e. The molecule has 94 valence electrons. The second-order valence-corrected chi connectivity index (χ2v) is 4.72. The van der Waals surface area contributed by atoms with Crippen molar-refractivity contribution in [2.24, 2.45) is 0 Å². The molecule has 0 fully saturated rings. The van der Waals surface area contributed by atoms with E-state index in [1.807, 2.05) is 12.1 Å². The van der Waals surface area contributed by atoms with E-state index in [9.17, 15) is 9.50 Å². The molecule has 1 atom stereocenters. The molecule has 0 radical (unpaired) electrons. The van der Waals surface area contributed by atoms with E-state index in [0.717, 1.165) is 4.47 Å². The van der Waals surface area contributed by atoms with Crippen LogP contribution >= 0.6 is 15.9 Å². The monoisotopic (exact) mass is 310 g/mol. The Morgan fingerprint density at radius 3 is 2.67 bits per heavy atom. The summed E-state index contributed by atoms with van der Waals surface area (Å²) >= 11 is 3.32. The Hall–Kier alpha value is -1.39. The fraction of sp³-hybridized carbons (Fsp3) is 0.143. The molecule has 2 aromatic carbocycles. The SMILES string of the molecule is OC(COc1cccc(Br)c1)c1ccccc1F. The third-order valence-corrected chi connectivity index (χ3v) is 2.96. The van der Waals surface area contributed by atoms with Gasteiger partial charge in [-0.15, -0.1) is 0 Å². The minimum absolute atomic E-state index is 0.0113. The molecule has 0 aliphatic heterocycles. The highest BCUT2D eigenvalue weighted by atomic mass is 79.9. The van der Waals surface area contributed by atoms with Crippen LogP contribution in [0.1, 0.15) is 11.7 Å². The predicted molar refractivity (Wildman–Crippen MR) is 71.0 cm³/mol. The van der Waals surface area contributed by atoms with Gasteiger partial charge in [0.05, 0.1) is 0 Å². The van der Waals surface area contributed by atoms with Crippen LogP contribution in [0.4, 0.5) is 4.39 Å². The van der Waals surface area contributed by atoms with Gasteiger partial charge in [0.1, 0.15) is 24.3 Å². The Balaban J connectivity index is 2.00. The summed E-state index contributed by atoms with van der Waals surface area (Å²) in [7, 11) is 0. The molecule has 0 spiro atoms. The fourth-order valence-electron chi connectivity index (χ4n) is 1.57. The van der Waals surface area contributed by atoms with Crippen molar-refractivity contribution in [3.8, 4) is 5.75 Å². The topological polar surface area (TPSA) is 29.5 Å². The Bertz CT molecular complexity index is 531. The van der Waals surface area contributed by atoms with E-state index < -0.39 is 11.9 Å². The number of aliphatic hydroxyl groups is 1. The molecule has 0 amide bonds. The lowest BCUT2D eigenvalue weighted by atomic mass is 10.1. The van der Waals surface area contributed by atoms with E-state index in [1.165, 1.54) is 6.07 Å². The first-order chi connectivity index (χ1) is 8.66. The molecule has 2 aromatic rings. The molecule has 0 saturated heterocycles. The number of hydrogen-bond donors (Lipinski definition) is 1. The van der Waals surface area contributed by atoms with Crippen LogP contribution in [0.3, 0.4) is 0 Å². The molecule has 0 aliphatic carbocycles. The summed E-state index contributed by atoms with van der Waals surface area (Å²) in [6, 6.07) is 13.4. The summed E-state index contributed by atoms with van der Waals surface area (Å²) in [4.78, 5) is 0. The minimum Gasteiger partial charge on any atom is -0.490 e. The Morgan fingerprint density at radius 1 is 1.17 bits per heavy atom. The summed E-state index contributed by atoms with van der Waals surface area (Å²) in [6.45, 7) is 0.0113. The highest BCUT2D eigenvalue weighted by Crippen LogP contribution is 2.21. The number of hydrogen-bond acceptors (Lipinski definition) is 2. The van der Waals surface area contributed by atoms with E-state index in [0.29, 0.717) is 5.75 Å². The van der Waals surface area contributed by atoms with Crippen LogP contribution in [-0.2, 0) is 0 Å². The Morgan fingerprint density at radius 2 is 1.94 bits per heavy atom.